The monoisotopic (exact) mass is 208 g/mol. The maximum Gasteiger partial charge on any atom is 0.250 e. The van der Waals surface area contributed by atoms with Gasteiger partial charge in [-0.15, -0.1) is 0 Å². The van der Waals surface area contributed by atoms with Gasteiger partial charge >= 0.3 is 0 Å². The molecule has 0 fully saturated rings. The van der Waals surface area contributed by atoms with Gasteiger partial charge in [-0.05, 0) is 31.6 Å². The maximum absolute atomic E-state index is 11.7. The van der Waals surface area contributed by atoms with Crippen molar-refractivity contribution in [1.29, 1.82) is 0 Å². The molecule has 0 aliphatic rings. The van der Waals surface area contributed by atoms with E-state index in [0.29, 0.717) is 5.92 Å². The summed E-state index contributed by atoms with van der Waals surface area (Å²) < 4.78 is 1.76. The number of aromatic nitrogens is 1. The highest BCUT2D eigenvalue weighted by Crippen LogP contribution is 2.10. The number of hydrogen-bond acceptors (Lipinski definition) is 2. The van der Waals surface area contributed by atoms with E-state index in [1.54, 1.807) is 10.6 Å². The van der Waals surface area contributed by atoms with Crippen molar-refractivity contribution in [2.24, 2.45) is 0 Å². The normalized spacial score (nSPS) is 11.3. The molecule has 0 atom stereocenters. The van der Waals surface area contributed by atoms with Crippen LogP contribution in [-0.2, 0) is 6.54 Å². The summed E-state index contributed by atoms with van der Waals surface area (Å²) in [6.07, 6.45) is 1.89. The zero-order valence-electron chi connectivity index (χ0n) is 10.0. The fourth-order valence-corrected chi connectivity index (χ4v) is 1.37. The van der Waals surface area contributed by atoms with Crippen LogP contribution in [0.1, 0.15) is 25.3 Å². The van der Waals surface area contributed by atoms with Gasteiger partial charge in [0.2, 0.25) is 0 Å². The second-order valence-electron chi connectivity index (χ2n) is 4.45. The van der Waals surface area contributed by atoms with Crippen LogP contribution >= 0.6 is 0 Å². The molecule has 0 bridgehead atoms. The van der Waals surface area contributed by atoms with E-state index in [1.165, 1.54) is 0 Å². The zero-order chi connectivity index (χ0) is 11.4. The Morgan fingerprint density at radius 2 is 2.07 bits per heavy atom. The molecule has 0 amide bonds. The van der Waals surface area contributed by atoms with Crippen LogP contribution < -0.4 is 5.56 Å². The number of nitrogens with zero attached hydrogens (tertiary/aromatic N) is 2. The first-order valence-corrected chi connectivity index (χ1v) is 5.36. The average molecular weight is 208 g/mol. The molecule has 0 spiro atoms. The van der Waals surface area contributed by atoms with Crippen molar-refractivity contribution in [1.82, 2.24) is 9.47 Å². The first-order chi connectivity index (χ1) is 7.00. The molecule has 3 heteroatoms. The minimum Gasteiger partial charge on any atom is -0.314 e. The number of pyridine rings is 1. The molecule has 1 aromatic rings. The summed E-state index contributed by atoms with van der Waals surface area (Å²) in [4.78, 5) is 13.8. The fraction of sp³-hybridized carbons (Fsp3) is 0.583. The quantitative estimate of drug-likeness (QED) is 0.750. The van der Waals surface area contributed by atoms with Crippen LogP contribution in [0, 0.1) is 0 Å². The number of hydrogen-bond donors (Lipinski definition) is 0. The Kier molecular flexibility index (Phi) is 4.09. The van der Waals surface area contributed by atoms with E-state index < -0.39 is 0 Å². The molecule has 0 radical (unpaired) electrons. The van der Waals surface area contributed by atoms with Crippen LogP contribution in [-0.4, -0.2) is 30.1 Å². The lowest BCUT2D eigenvalue weighted by molar-refractivity contribution is 0.381. The third-order valence-corrected chi connectivity index (χ3v) is 2.47. The van der Waals surface area contributed by atoms with Crippen molar-refractivity contribution in [3.05, 3.63) is 34.2 Å². The van der Waals surface area contributed by atoms with E-state index in [4.69, 9.17) is 0 Å². The molecule has 0 aliphatic heterocycles. The fourth-order valence-electron chi connectivity index (χ4n) is 1.37. The summed E-state index contributed by atoms with van der Waals surface area (Å²) in [5.74, 6) is 0.418. The van der Waals surface area contributed by atoms with E-state index in [-0.39, 0.29) is 5.56 Å². The minimum absolute atomic E-state index is 0.100. The summed E-state index contributed by atoms with van der Waals surface area (Å²) in [5, 5.41) is 0. The molecule has 0 saturated carbocycles. The van der Waals surface area contributed by atoms with Gasteiger partial charge in [-0.1, -0.05) is 13.8 Å². The van der Waals surface area contributed by atoms with E-state index in [0.717, 1.165) is 18.7 Å². The third kappa shape index (κ3) is 3.51. The van der Waals surface area contributed by atoms with Crippen molar-refractivity contribution in [2.45, 2.75) is 26.3 Å². The molecule has 0 saturated heterocycles. The minimum atomic E-state index is 0.100. The predicted octanol–water partition coefficient (Wildman–Crippen LogP) is 1.53. The number of likely N-dealkylation sites (N-methyl/N-ethyl adjacent to an activating group) is 1. The largest absolute Gasteiger partial charge is 0.314 e. The maximum atomic E-state index is 11.7. The molecule has 3 nitrogen and oxygen atoms in total. The zero-order valence-corrected chi connectivity index (χ0v) is 10.0. The van der Waals surface area contributed by atoms with Crippen LogP contribution in [0.25, 0.3) is 0 Å². The molecule has 0 unspecified atom stereocenters. The Morgan fingerprint density at radius 3 is 2.53 bits per heavy atom. The van der Waals surface area contributed by atoms with Gasteiger partial charge in [0, 0.05) is 25.4 Å². The molecule has 0 aromatic carbocycles. The Labute approximate surface area is 91.3 Å². The molecule has 1 heterocycles. The van der Waals surface area contributed by atoms with Crippen molar-refractivity contribution < 1.29 is 0 Å². The molecule has 1 aromatic heterocycles. The molecule has 0 N–H and O–H groups in total. The van der Waals surface area contributed by atoms with Crippen molar-refractivity contribution >= 4 is 0 Å². The molecule has 1 rings (SSSR count). The van der Waals surface area contributed by atoms with Gasteiger partial charge in [-0.3, -0.25) is 4.79 Å². The van der Waals surface area contributed by atoms with Crippen LogP contribution in [0.2, 0.25) is 0 Å². The highest BCUT2D eigenvalue weighted by Gasteiger charge is 2.02. The van der Waals surface area contributed by atoms with Crippen LogP contribution in [0.15, 0.2) is 23.1 Å². The summed E-state index contributed by atoms with van der Waals surface area (Å²) >= 11 is 0. The van der Waals surface area contributed by atoms with Crippen LogP contribution in [0.5, 0.6) is 0 Å². The van der Waals surface area contributed by atoms with Crippen molar-refractivity contribution in [3.8, 4) is 0 Å². The highest BCUT2D eigenvalue weighted by atomic mass is 16.1. The summed E-state index contributed by atoms with van der Waals surface area (Å²) in [6, 6.07) is 3.77. The van der Waals surface area contributed by atoms with Gasteiger partial charge < -0.3 is 9.47 Å². The standard InChI is InChI=1S/C12H20N2O/c1-10(2)11-5-6-14(12(15)9-11)8-7-13(3)4/h5-6,9-10H,7-8H2,1-4H3. The predicted molar refractivity (Wildman–Crippen MR) is 63.3 cm³/mol. The average Bonchev–Trinajstić information content (AvgIpc) is 2.15. The molecular formula is C12H20N2O. The van der Waals surface area contributed by atoms with Gasteiger partial charge in [0.05, 0.1) is 0 Å². The highest BCUT2D eigenvalue weighted by molar-refractivity contribution is 5.14. The summed E-state index contributed by atoms with van der Waals surface area (Å²) in [7, 11) is 4.01. The first-order valence-electron chi connectivity index (χ1n) is 5.36. The SMILES string of the molecule is CC(C)c1ccn(CCN(C)C)c(=O)c1. The van der Waals surface area contributed by atoms with Crippen LogP contribution in [0.4, 0.5) is 0 Å². The van der Waals surface area contributed by atoms with E-state index in [9.17, 15) is 4.79 Å². The molecule has 0 aliphatic carbocycles. The van der Waals surface area contributed by atoms with Crippen molar-refractivity contribution in [3.63, 3.8) is 0 Å². The lowest BCUT2D eigenvalue weighted by Crippen LogP contribution is -2.26. The molecule has 84 valence electrons. The van der Waals surface area contributed by atoms with Crippen LogP contribution in [0.3, 0.4) is 0 Å². The smallest absolute Gasteiger partial charge is 0.250 e. The van der Waals surface area contributed by atoms with Gasteiger partial charge in [0.15, 0.2) is 0 Å². The van der Waals surface area contributed by atoms with Gasteiger partial charge in [0.25, 0.3) is 5.56 Å². The molecular weight excluding hydrogens is 188 g/mol. The topological polar surface area (TPSA) is 25.2 Å². The first kappa shape index (κ1) is 12.0. The van der Waals surface area contributed by atoms with E-state index in [1.807, 2.05) is 26.4 Å². The molecule has 15 heavy (non-hydrogen) atoms. The van der Waals surface area contributed by atoms with Crippen molar-refractivity contribution in [2.75, 3.05) is 20.6 Å². The number of rotatable bonds is 4. The van der Waals surface area contributed by atoms with E-state index >= 15 is 0 Å². The third-order valence-electron chi connectivity index (χ3n) is 2.47. The summed E-state index contributed by atoms with van der Waals surface area (Å²) in [5.41, 5.74) is 1.21. The van der Waals surface area contributed by atoms with Gasteiger partial charge in [-0.25, -0.2) is 0 Å². The van der Waals surface area contributed by atoms with Gasteiger partial charge in [0.1, 0.15) is 0 Å². The Hall–Kier alpha value is -1.09. The second-order valence-corrected chi connectivity index (χ2v) is 4.45. The second kappa shape index (κ2) is 5.12. The van der Waals surface area contributed by atoms with E-state index in [2.05, 4.69) is 18.7 Å². The summed E-state index contributed by atoms with van der Waals surface area (Å²) in [6.45, 7) is 5.84. The lowest BCUT2D eigenvalue weighted by Gasteiger charge is -2.12. The lowest BCUT2D eigenvalue weighted by atomic mass is 10.1. The Morgan fingerprint density at radius 1 is 1.40 bits per heavy atom. The van der Waals surface area contributed by atoms with Gasteiger partial charge in [-0.2, -0.15) is 0 Å². The Bertz CT molecular complexity index is 366. The Balaban J connectivity index is 2.80.